The maximum atomic E-state index is 6.20. The lowest BCUT2D eigenvalue weighted by Gasteiger charge is -2.12. The van der Waals surface area contributed by atoms with Gasteiger partial charge in [-0.1, -0.05) is 78.3 Å². The van der Waals surface area contributed by atoms with Gasteiger partial charge in [0.2, 0.25) is 0 Å². The van der Waals surface area contributed by atoms with Gasteiger partial charge >= 0.3 is 0 Å². The molecule has 2 nitrogen and oxygen atoms in total. The number of nitrogens with one attached hydrogen (secondary N) is 1. The summed E-state index contributed by atoms with van der Waals surface area (Å²) >= 11 is 6.20. The van der Waals surface area contributed by atoms with Gasteiger partial charge in [-0.05, 0) is 35.2 Å². The molecule has 4 rings (SSSR count). The maximum Gasteiger partial charge on any atom is 0.120 e. The first-order valence-corrected chi connectivity index (χ1v) is 9.34. The van der Waals surface area contributed by atoms with Crippen LogP contribution in [0.5, 0.6) is 5.75 Å². The number of rotatable bonds is 6. The van der Waals surface area contributed by atoms with E-state index in [0.717, 1.165) is 28.6 Å². The van der Waals surface area contributed by atoms with Gasteiger partial charge in [0.05, 0.1) is 0 Å². The van der Waals surface area contributed by atoms with E-state index >= 15 is 0 Å². The highest BCUT2D eigenvalue weighted by molar-refractivity contribution is 6.31. The van der Waals surface area contributed by atoms with Gasteiger partial charge in [0.1, 0.15) is 12.4 Å². The summed E-state index contributed by atoms with van der Waals surface area (Å²) in [5.74, 6) is 0.840. The monoisotopic (exact) mass is 373 g/mol. The van der Waals surface area contributed by atoms with Gasteiger partial charge < -0.3 is 10.1 Å². The van der Waals surface area contributed by atoms with Crippen LogP contribution in [0.3, 0.4) is 0 Å². The average molecular weight is 374 g/mol. The summed E-state index contributed by atoms with van der Waals surface area (Å²) in [5.41, 5.74) is 3.29. The van der Waals surface area contributed by atoms with Gasteiger partial charge in [-0.3, -0.25) is 0 Å². The summed E-state index contributed by atoms with van der Waals surface area (Å²) in [6.45, 7) is 1.19. The van der Waals surface area contributed by atoms with E-state index in [1.807, 2.05) is 36.4 Å². The Morgan fingerprint density at radius 3 is 2.48 bits per heavy atom. The summed E-state index contributed by atoms with van der Waals surface area (Å²) in [6.07, 6.45) is 0. The topological polar surface area (TPSA) is 21.3 Å². The van der Waals surface area contributed by atoms with E-state index in [2.05, 4.69) is 59.9 Å². The van der Waals surface area contributed by atoms with E-state index in [9.17, 15) is 0 Å². The van der Waals surface area contributed by atoms with Crippen LogP contribution in [0, 0.1) is 0 Å². The van der Waals surface area contributed by atoms with Gasteiger partial charge in [-0.15, -0.1) is 0 Å². The Bertz CT molecular complexity index is 1060. The molecule has 0 unspecified atom stereocenters. The fraction of sp³-hybridized carbons (Fsp3) is 0.0833. The van der Waals surface area contributed by atoms with E-state index in [-0.39, 0.29) is 0 Å². The zero-order valence-electron chi connectivity index (χ0n) is 14.9. The highest BCUT2D eigenvalue weighted by Gasteiger charge is 2.03. The van der Waals surface area contributed by atoms with Crippen molar-refractivity contribution in [3.63, 3.8) is 0 Å². The molecule has 0 aliphatic heterocycles. The van der Waals surface area contributed by atoms with Crippen molar-refractivity contribution in [2.24, 2.45) is 0 Å². The molecule has 0 radical (unpaired) electrons. The highest BCUT2D eigenvalue weighted by Crippen LogP contribution is 2.24. The number of hydrogen-bond acceptors (Lipinski definition) is 2. The first-order chi connectivity index (χ1) is 13.3. The van der Waals surface area contributed by atoms with Crippen LogP contribution in [0.15, 0.2) is 91.0 Å². The number of benzene rings is 4. The SMILES string of the molecule is Clc1ccccc1COc1cccc(CNc2cccc3ccccc23)c1. The minimum Gasteiger partial charge on any atom is -0.489 e. The van der Waals surface area contributed by atoms with Crippen LogP contribution < -0.4 is 10.1 Å². The second-order valence-corrected chi connectivity index (χ2v) is 6.81. The normalized spacial score (nSPS) is 10.7. The van der Waals surface area contributed by atoms with E-state index < -0.39 is 0 Å². The lowest BCUT2D eigenvalue weighted by Crippen LogP contribution is -2.01. The van der Waals surface area contributed by atoms with Gasteiger partial charge in [-0.25, -0.2) is 0 Å². The van der Waals surface area contributed by atoms with Crippen LogP contribution in [0.1, 0.15) is 11.1 Å². The Hall–Kier alpha value is -2.97. The van der Waals surface area contributed by atoms with Crippen molar-refractivity contribution >= 4 is 28.1 Å². The van der Waals surface area contributed by atoms with Gasteiger partial charge in [0.25, 0.3) is 0 Å². The highest BCUT2D eigenvalue weighted by atomic mass is 35.5. The summed E-state index contributed by atoms with van der Waals surface area (Å²) in [4.78, 5) is 0. The van der Waals surface area contributed by atoms with Gasteiger partial charge in [0.15, 0.2) is 0 Å². The molecular formula is C24H20ClNO. The van der Waals surface area contributed by atoms with Crippen LogP contribution in [0.2, 0.25) is 5.02 Å². The number of hydrogen-bond donors (Lipinski definition) is 1. The molecule has 27 heavy (non-hydrogen) atoms. The Kier molecular flexibility index (Phi) is 5.27. The van der Waals surface area contributed by atoms with Crippen LogP contribution in [-0.2, 0) is 13.2 Å². The molecule has 0 aliphatic rings. The van der Waals surface area contributed by atoms with Crippen molar-refractivity contribution in [1.29, 1.82) is 0 Å². The summed E-state index contributed by atoms with van der Waals surface area (Å²) < 4.78 is 5.92. The van der Waals surface area contributed by atoms with E-state index in [1.54, 1.807) is 0 Å². The second kappa shape index (κ2) is 8.15. The minimum absolute atomic E-state index is 0.458. The number of ether oxygens (including phenoxy) is 1. The maximum absolute atomic E-state index is 6.20. The molecule has 0 atom stereocenters. The molecule has 134 valence electrons. The molecule has 0 amide bonds. The first-order valence-electron chi connectivity index (χ1n) is 8.96. The zero-order valence-corrected chi connectivity index (χ0v) is 15.6. The van der Waals surface area contributed by atoms with Crippen molar-refractivity contribution in [3.05, 3.63) is 107 Å². The Balaban J connectivity index is 1.44. The number of fused-ring (bicyclic) bond motifs is 1. The Labute approximate surface area is 164 Å². The molecule has 4 aromatic carbocycles. The molecule has 0 heterocycles. The molecule has 4 aromatic rings. The molecule has 3 heteroatoms. The molecule has 1 N–H and O–H groups in total. The summed E-state index contributed by atoms with van der Waals surface area (Å²) in [6, 6.07) is 30.6. The third kappa shape index (κ3) is 4.24. The zero-order chi connectivity index (χ0) is 18.5. The second-order valence-electron chi connectivity index (χ2n) is 6.41. The van der Waals surface area contributed by atoms with Crippen LogP contribution in [0.4, 0.5) is 5.69 Å². The smallest absolute Gasteiger partial charge is 0.120 e. The Morgan fingerprint density at radius 1 is 0.778 bits per heavy atom. The standard InChI is InChI=1S/C24H20ClNO/c25-23-13-4-2-9-20(23)17-27-21-11-5-7-18(15-21)16-26-24-14-6-10-19-8-1-3-12-22(19)24/h1-15,26H,16-17H2. The quantitative estimate of drug-likeness (QED) is 0.406. The Morgan fingerprint density at radius 2 is 1.56 bits per heavy atom. The van der Waals surface area contributed by atoms with Crippen molar-refractivity contribution in [2.45, 2.75) is 13.2 Å². The molecule has 0 aromatic heterocycles. The summed E-state index contributed by atoms with van der Waals surface area (Å²) in [5, 5.41) is 6.73. The number of halogens is 1. The predicted molar refractivity (Wildman–Crippen MR) is 114 cm³/mol. The third-order valence-corrected chi connectivity index (χ3v) is 4.89. The van der Waals surface area contributed by atoms with E-state index in [4.69, 9.17) is 16.3 Å². The first kappa shape index (κ1) is 17.4. The van der Waals surface area contributed by atoms with Crippen LogP contribution >= 0.6 is 11.6 Å². The summed E-state index contributed by atoms with van der Waals surface area (Å²) in [7, 11) is 0. The van der Waals surface area contributed by atoms with Crippen molar-refractivity contribution in [3.8, 4) is 5.75 Å². The molecule has 0 fully saturated rings. The molecule has 0 bridgehead atoms. The van der Waals surface area contributed by atoms with Crippen molar-refractivity contribution in [1.82, 2.24) is 0 Å². The number of anilines is 1. The van der Waals surface area contributed by atoms with E-state index in [0.29, 0.717) is 6.61 Å². The van der Waals surface area contributed by atoms with Crippen molar-refractivity contribution < 1.29 is 4.74 Å². The fourth-order valence-electron chi connectivity index (χ4n) is 3.10. The van der Waals surface area contributed by atoms with E-state index in [1.165, 1.54) is 16.3 Å². The molecular weight excluding hydrogens is 354 g/mol. The lowest BCUT2D eigenvalue weighted by atomic mass is 10.1. The van der Waals surface area contributed by atoms with Crippen LogP contribution in [-0.4, -0.2) is 0 Å². The largest absolute Gasteiger partial charge is 0.489 e. The minimum atomic E-state index is 0.458. The average Bonchev–Trinajstić information content (AvgIpc) is 2.72. The fourth-order valence-corrected chi connectivity index (χ4v) is 3.29. The lowest BCUT2D eigenvalue weighted by molar-refractivity contribution is 0.306. The van der Waals surface area contributed by atoms with Gasteiger partial charge in [-0.2, -0.15) is 0 Å². The third-order valence-electron chi connectivity index (χ3n) is 4.52. The van der Waals surface area contributed by atoms with Crippen LogP contribution in [0.25, 0.3) is 10.8 Å². The molecule has 0 spiro atoms. The van der Waals surface area contributed by atoms with Gasteiger partial charge in [0, 0.05) is 28.2 Å². The molecule has 0 aliphatic carbocycles. The molecule has 0 saturated carbocycles. The predicted octanol–water partition coefficient (Wildman–Crippen LogP) is 6.68. The molecule has 0 saturated heterocycles. The van der Waals surface area contributed by atoms with Crippen molar-refractivity contribution in [2.75, 3.05) is 5.32 Å².